The Balaban J connectivity index is 2.75. The summed E-state index contributed by atoms with van der Waals surface area (Å²) in [6.07, 6.45) is 1.45. The maximum absolute atomic E-state index is 11.4. The van der Waals surface area contributed by atoms with Gasteiger partial charge < -0.3 is 4.90 Å². The van der Waals surface area contributed by atoms with Crippen LogP contribution in [0.25, 0.3) is 0 Å². The van der Waals surface area contributed by atoms with Crippen molar-refractivity contribution in [3.63, 3.8) is 0 Å². The van der Waals surface area contributed by atoms with Gasteiger partial charge in [-0.2, -0.15) is 0 Å². The molecule has 1 heterocycles. The summed E-state index contributed by atoms with van der Waals surface area (Å²) < 4.78 is 0. The first-order chi connectivity index (χ1) is 6.07. The molecule has 0 saturated carbocycles. The van der Waals surface area contributed by atoms with Gasteiger partial charge in [-0.1, -0.05) is 13.8 Å². The lowest BCUT2D eigenvalue weighted by molar-refractivity contribution is -0.137. The zero-order valence-electron chi connectivity index (χ0n) is 8.54. The molecule has 0 unspecified atom stereocenters. The first kappa shape index (κ1) is 10.2. The number of nitrogens with zero attached hydrogens (tertiary/aromatic N) is 1. The third-order valence-corrected chi connectivity index (χ3v) is 2.74. The van der Waals surface area contributed by atoms with Crippen molar-refractivity contribution in [3.8, 4) is 0 Å². The Kier molecular flexibility index (Phi) is 3.07. The molecule has 0 aromatic rings. The number of hydrogen-bond acceptors (Lipinski definition) is 2. The zero-order chi connectivity index (χ0) is 10.0. The lowest BCUT2D eigenvalue weighted by atomic mass is 10.00. The molecule has 3 nitrogen and oxygen atoms in total. The average molecular weight is 183 g/mol. The highest BCUT2D eigenvalue weighted by Gasteiger charge is 2.36. The molecule has 2 atom stereocenters. The number of Topliss-reactive ketones (excluding diaryl/α,β-unsaturated/α-hetero) is 1. The molecule has 0 aliphatic carbocycles. The molecule has 13 heavy (non-hydrogen) atoms. The van der Waals surface area contributed by atoms with Crippen LogP contribution in [0.2, 0.25) is 0 Å². The number of carbonyl (C=O) groups is 2. The van der Waals surface area contributed by atoms with Crippen molar-refractivity contribution in [1.82, 2.24) is 4.90 Å². The molecule has 1 aliphatic heterocycles. The molecule has 1 rings (SSSR count). The van der Waals surface area contributed by atoms with Crippen LogP contribution >= 0.6 is 0 Å². The number of carbonyl (C=O) groups excluding carboxylic acids is 2. The predicted molar refractivity (Wildman–Crippen MR) is 50.3 cm³/mol. The molecule has 1 amide bonds. The van der Waals surface area contributed by atoms with Gasteiger partial charge in [-0.25, -0.2) is 0 Å². The van der Waals surface area contributed by atoms with Crippen LogP contribution in [0.3, 0.4) is 0 Å². The summed E-state index contributed by atoms with van der Waals surface area (Å²) in [4.78, 5) is 24.5. The van der Waals surface area contributed by atoms with E-state index in [0.717, 1.165) is 13.0 Å². The topological polar surface area (TPSA) is 37.4 Å². The van der Waals surface area contributed by atoms with Gasteiger partial charge in [0.2, 0.25) is 5.91 Å². The maximum atomic E-state index is 11.4. The average Bonchev–Trinajstić information content (AvgIpc) is 2.45. The molecule has 0 aromatic heterocycles. The molecule has 74 valence electrons. The fourth-order valence-electron chi connectivity index (χ4n) is 2.05. The van der Waals surface area contributed by atoms with Gasteiger partial charge in [-0.3, -0.25) is 9.59 Å². The van der Waals surface area contributed by atoms with E-state index in [0.29, 0.717) is 12.3 Å². The first-order valence-electron chi connectivity index (χ1n) is 4.87. The summed E-state index contributed by atoms with van der Waals surface area (Å²) in [6.45, 7) is 6.19. The lowest BCUT2D eigenvalue weighted by Gasteiger charge is -2.24. The van der Waals surface area contributed by atoms with E-state index in [9.17, 15) is 9.59 Å². The van der Waals surface area contributed by atoms with E-state index in [4.69, 9.17) is 0 Å². The number of ketones is 1. The second kappa shape index (κ2) is 3.90. The van der Waals surface area contributed by atoms with E-state index in [1.165, 1.54) is 0 Å². The standard InChI is InChI=1S/C10H17NO2/c1-4-9(13)11-6-5-7(2)10(11)8(3)12/h7,10H,4-6H2,1-3H3/t7-,10-/m0/s1. The summed E-state index contributed by atoms with van der Waals surface area (Å²) in [5.74, 6) is 0.546. The number of amides is 1. The Morgan fingerprint density at radius 1 is 1.46 bits per heavy atom. The first-order valence-corrected chi connectivity index (χ1v) is 4.87. The smallest absolute Gasteiger partial charge is 0.222 e. The molecule has 1 aliphatic rings. The quantitative estimate of drug-likeness (QED) is 0.645. The molecule has 0 radical (unpaired) electrons. The van der Waals surface area contributed by atoms with Crippen molar-refractivity contribution in [2.24, 2.45) is 5.92 Å². The second-order valence-electron chi connectivity index (χ2n) is 3.76. The van der Waals surface area contributed by atoms with Crippen molar-refractivity contribution in [3.05, 3.63) is 0 Å². The summed E-state index contributed by atoms with van der Waals surface area (Å²) >= 11 is 0. The van der Waals surface area contributed by atoms with Gasteiger partial charge >= 0.3 is 0 Å². The number of hydrogen-bond donors (Lipinski definition) is 0. The second-order valence-corrected chi connectivity index (χ2v) is 3.76. The minimum atomic E-state index is -0.160. The maximum Gasteiger partial charge on any atom is 0.222 e. The normalized spacial score (nSPS) is 27.8. The molecule has 0 bridgehead atoms. The minimum Gasteiger partial charge on any atom is -0.332 e. The van der Waals surface area contributed by atoms with Crippen LogP contribution < -0.4 is 0 Å². The molecule has 1 fully saturated rings. The van der Waals surface area contributed by atoms with Crippen molar-refractivity contribution < 1.29 is 9.59 Å². The highest BCUT2D eigenvalue weighted by Crippen LogP contribution is 2.24. The molecule has 3 heteroatoms. The lowest BCUT2D eigenvalue weighted by Crippen LogP contribution is -2.41. The summed E-state index contributed by atoms with van der Waals surface area (Å²) in [5, 5.41) is 0. The van der Waals surface area contributed by atoms with Gasteiger partial charge in [0.05, 0.1) is 6.04 Å². The largest absolute Gasteiger partial charge is 0.332 e. The predicted octanol–water partition coefficient (Wildman–Crippen LogP) is 1.22. The van der Waals surface area contributed by atoms with Gasteiger partial charge in [-0.05, 0) is 19.3 Å². The van der Waals surface area contributed by atoms with Crippen LogP contribution in [0, 0.1) is 5.92 Å². The molecule has 0 N–H and O–H groups in total. The molecular weight excluding hydrogens is 166 g/mol. The van der Waals surface area contributed by atoms with Crippen LogP contribution in [0.15, 0.2) is 0 Å². The van der Waals surface area contributed by atoms with Crippen LogP contribution in [0.4, 0.5) is 0 Å². The van der Waals surface area contributed by atoms with E-state index in [2.05, 4.69) is 0 Å². The molecule has 0 spiro atoms. The summed E-state index contributed by atoms with van der Waals surface area (Å²) in [7, 11) is 0. The Bertz CT molecular complexity index is 225. The summed E-state index contributed by atoms with van der Waals surface area (Å²) in [6, 6.07) is -0.160. The number of likely N-dealkylation sites (tertiary alicyclic amines) is 1. The van der Waals surface area contributed by atoms with Gasteiger partial charge in [0.1, 0.15) is 0 Å². The Labute approximate surface area is 79.1 Å². The molecular formula is C10H17NO2. The van der Waals surface area contributed by atoms with Crippen molar-refractivity contribution >= 4 is 11.7 Å². The van der Waals surface area contributed by atoms with E-state index in [1.807, 2.05) is 13.8 Å². The van der Waals surface area contributed by atoms with E-state index < -0.39 is 0 Å². The fraction of sp³-hybridized carbons (Fsp3) is 0.800. The fourth-order valence-corrected chi connectivity index (χ4v) is 2.05. The SMILES string of the molecule is CCC(=O)N1CC[C@H](C)[C@H]1C(C)=O. The highest BCUT2D eigenvalue weighted by molar-refractivity contribution is 5.88. The third kappa shape index (κ3) is 1.90. The van der Waals surface area contributed by atoms with Crippen molar-refractivity contribution in [2.45, 2.75) is 39.7 Å². The van der Waals surface area contributed by atoms with Gasteiger partial charge in [0.25, 0.3) is 0 Å². The van der Waals surface area contributed by atoms with Crippen LogP contribution in [-0.2, 0) is 9.59 Å². The molecule has 1 saturated heterocycles. The van der Waals surface area contributed by atoms with Crippen LogP contribution in [0.5, 0.6) is 0 Å². The van der Waals surface area contributed by atoms with Crippen LogP contribution in [0.1, 0.15) is 33.6 Å². The monoisotopic (exact) mass is 183 g/mol. The number of rotatable bonds is 2. The van der Waals surface area contributed by atoms with Crippen molar-refractivity contribution in [1.29, 1.82) is 0 Å². The Morgan fingerprint density at radius 2 is 2.08 bits per heavy atom. The third-order valence-electron chi connectivity index (χ3n) is 2.74. The molecule has 0 aromatic carbocycles. The Morgan fingerprint density at radius 3 is 2.54 bits per heavy atom. The van der Waals surface area contributed by atoms with Crippen LogP contribution in [-0.4, -0.2) is 29.2 Å². The van der Waals surface area contributed by atoms with E-state index in [-0.39, 0.29) is 17.7 Å². The van der Waals surface area contributed by atoms with Crippen molar-refractivity contribution in [2.75, 3.05) is 6.54 Å². The van der Waals surface area contributed by atoms with Gasteiger partial charge in [0, 0.05) is 13.0 Å². The summed E-state index contributed by atoms with van der Waals surface area (Å²) in [5.41, 5.74) is 0. The highest BCUT2D eigenvalue weighted by atomic mass is 16.2. The van der Waals surface area contributed by atoms with Gasteiger partial charge in [0.15, 0.2) is 5.78 Å². The van der Waals surface area contributed by atoms with E-state index in [1.54, 1.807) is 11.8 Å². The zero-order valence-corrected chi connectivity index (χ0v) is 8.54. The van der Waals surface area contributed by atoms with Gasteiger partial charge in [-0.15, -0.1) is 0 Å². The minimum absolute atomic E-state index is 0.101. The Hall–Kier alpha value is -0.860. The van der Waals surface area contributed by atoms with E-state index >= 15 is 0 Å².